The van der Waals surface area contributed by atoms with Crippen LogP contribution in [-0.2, 0) is 6.54 Å². The second-order valence-corrected chi connectivity index (χ2v) is 4.22. The Balaban J connectivity index is 2.16. The van der Waals surface area contributed by atoms with Gasteiger partial charge in [-0.25, -0.2) is 4.98 Å². The first kappa shape index (κ1) is 12.8. The zero-order valence-corrected chi connectivity index (χ0v) is 10.5. The van der Waals surface area contributed by atoms with E-state index in [9.17, 15) is 10.1 Å². The van der Waals surface area contributed by atoms with Gasteiger partial charge >= 0.3 is 0 Å². The number of hydrogen-bond donors (Lipinski definition) is 2. The van der Waals surface area contributed by atoms with Crippen LogP contribution in [0.3, 0.4) is 0 Å². The molecule has 19 heavy (non-hydrogen) atoms. The Morgan fingerprint density at radius 2 is 2.16 bits per heavy atom. The molecule has 0 bridgehead atoms. The molecule has 0 spiro atoms. The van der Waals surface area contributed by atoms with Crippen molar-refractivity contribution >= 4 is 17.2 Å². The fourth-order valence-corrected chi connectivity index (χ4v) is 1.69. The summed E-state index contributed by atoms with van der Waals surface area (Å²) in [6.07, 6.45) is 1.64. The summed E-state index contributed by atoms with van der Waals surface area (Å²) in [4.78, 5) is 14.5. The van der Waals surface area contributed by atoms with Crippen LogP contribution in [0, 0.1) is 17.0 Å². The van der Waals surface area contributed by atoms with Gasteiger partial charge in [0.15, 0.2) is 0 Å². The minimum absolute atomic E-state index is 0.0639. The van der Waals surface area contributed by atoms with Crippen LogP contribution < -0.4 is 11.1 Å². The van der Waals surface area contributed by atoms with Crippen LogP contribution in [0.4, 0.5) is 17.2 Å². The second-order valence-electron chi connectivity index (χ2n) is 4.22. The standard InChI is InChI=1S/C13H14N4O2/c1-9-2-4-12(17(18)19)11(6-9)15-7-10-3-5-13(14)16-8-10/h2-6,8,15H,7H2,1H3,(H2,14,16). The number of nitro groups is 1. The summed E-state index contributed by atoms with van der Waals surface area (Å²) in [7, 11) is 0. The molecule has 0 aliphatic rings. The smallest absolute Gasteiger partial charge is 0.292 e. The molecule has 3 N–H and O–H groups in total. The van der Waals surface area contributed by atoms with Crippen molar-refractivity contribution in [3.63, 3.8) is 0 Å². The van der Waals surface area contributed by atoms with E-state index >= 15 is 0 Å². The number of nitrogens with two attached hydrogens (primary N) is 1. The number of aromatic nitrogens is 1. The number of aryl methyl sites for hydroxylation is 1. The fourth-order valence-electron chi connectivity index (χ4n) is 1.69. The molecule has 0 saturated carbocycles. The molecule has 0 atom stereocenters. The number of nitrogens with one attached hydrogen (secondary N) is 1. The van der Waals surface area contributed by atoms with Crippen molar-refractivity contribution in [2.24, 2.45) is 0 Å². The first-order valence-corrected chi connectivity index (χ1v) is 5.75. The average molecular weight is 258 g/mol. The highest BCUT2D eigenvalue weighted by atomic mass is 16.6. The van der Waals surface area contributed by atoms with Crippen LogP contribution in [-0.4, -0.2) is 9.91 Å². The molecule has 1 aromatic heterocycles. The number of hydrogen-bond acceptors (Lipinski definition) is 5. The predicted octanol–water partition coefficient (Wildman–Crippen LogP) is 2.49. The quantitative estimate of drug-likeness (QED) is 0.649. The Morgan fingerprint density at radius 1 is 1.37 bits per heavy atom. The van der Waals surface area contributed by atoms with Gasteiger partial charge in [0.1, 0.15) is 11.5 Å². The fraction of sp³-hybridized carbons (Fsp3) is 0.154. The predicted molar refractivity (Wildman–Crippen MR) is 73.8 cm³/mol. The van der Waals surface area contributed by atoms with E-state index in [-0.39, 0.29) is 5.69 Å². The van der Waals surface area contributed by atoms with Gasteiger partial charge in [0.25, 0.3) is 5.69 Å². The number of benzene rings is 1. The summed E-state index contributed by atoms with van der Waals surface area (Å²) < 4.78 is 0. The Morgan fingerprint density at radius 3 is 2.79 bits per heavy atom. The molecule has 2 aromatic rings. The Kier molecular flexibility index (Phi) is 3.61. The van der Waals surface area contributed by atoms with Crippen molar-refractivity contribution in [1.82, 2.24) is 4.98 Å². The molecular weight excluding hydrogens is 244 g/mol. The Bertz CT molecular complexity index is 596. The third-order valence-corrected chi connectivity index (χ3v) is 2.68. The molecule has 0 fully saturated rings. The number of pyridine rings is 1. The SMILES string of the molecule is Cc1ccc([N+](=O)[O-])c(NCc2ccc(N)nc2)c1. The van der Waals surface area contributed by atoms with E-state index in [1.807, 2.05) is 13.0 Å². The lowest BCUT2D eigenvalue weighted by atomic mass is 10.2. The van der Waals surface area contributed by atoms with Gasteiger partial charge in [-0.15, -0.1) is 0 Å². The molecule has 0 unspecified atom stereocenters. The zero-order chi connectivity index (χ0) is 13.8. The minimum atomic E-state index is -0.400. The molecule has 0 radical (unpaired) electrons. The first-order chi connectivity index (χ1) is 9.06. The van der Waals surface area contributed by atoms with Crippen molar-refractivity contribution in [3.8, 4) is 0 Å². The largest absolute Gasteiger partial charge is 0.384 e. The highest BCUT2D eigenvalue weighted by molar-refractivity contribution is 5.62. The summed E-state index contributed by atoms with van der Waals surface area (Å²) in [5, 5.41) is 14.0. The molecule has 0 aliphatic heterocycles. The molecule has 2 rings (SSSR count). The lowest BCUT2D eigenvalue weighted by molar-refractivity contribution is -0.384. The molecule has 0 saturated heterocycles. The van der Waals surface area contributed by atoms with Gasteiger partial charge < -0.3 is 11.1 Å². The van der Waals surface area contributed by atoms with Crippen LogP contribution in [0.25, 0.3) is 0 Å². The Hall–Kier alpha value is -2.63. The van der Waals surface area contributed by atoms with Crippen molar-refractivity contribution in [3.05, 3.63) is 57.8 Å². The van der Waals surface area contributed by atoms with Crippen molar-refractivity contribution in [2.75, 3.05) is 11.1 Å². The lowest BCUT2D eigenvalue weighted by Crippen LogP contribution is -2.03. The van der Waals surface area contributed by atoms with Gasteiger partial charge in [0.05, 0.1) is 4.92 Å². The summed E-state index contributed by atoms with van der Waals surface area (Å²) in [5.41, 5.74) is 7.93. The third kappa shape index (κ3) is 3.19. The van der Waals surface area contributed by atoms with E-state index in [0.717, 1.165) is 11.1 Å². The summed E-state index contributed by atoms with van der Waals surface area (Å²) in [6, 6.07) is 8.49. The number of nitrogens with zero attached hydrogens (tertiary/aromatic N) is 2. The molecule has 6 nitrogen and oxygen atoms in total. The van der Waals surface area contributed by atoms with Gasteiger partial charge in [-0.1, -0.05) is 12.1 Å². The second kappa shape index (κ2) is 5.34. The van der Waals surface area contributed by atoms with E-state index in [1.165, 1.54) is 6.07 Å². The van der Waals surface area contributed by atoms with Crippen LogP contribution >= 0.6 is 0 Å². The van der Waals surface area contributed by atoms with Crippen molar-refractivity contribution in [2.45, 2.75) is 13.5 Å². The van der Waals surface area contributed by atoms with Gasteiger partial charge in [-0.2, -0.15) is 0 Å². The van der Waals surface area contributed by atoms with Gasteiger partial charge in [-0.3, -0.25) is 10.1 Å². The van der Waals surface area contributed by atoms with E-state index < -0.39 is 4.92 Å². The van der Waals surface area contributed by atoms with Crippen molar-refractivity contribution < 1.29 is 4.92 Å². The van der Waals surface area contributed by atoms with Crippen LogP contribution in [0.2, 0.25) is 0 Å². The van der Waals surface area contributed by atoms with E-state index in [0.29, 0.717) is 18.1 Å². The highest BCUT2D eigenvalue weighted by Crippen LogP contribution is 2.25. The first-order valence-electron chi connectivity index (χ1n) is 5.75. The third-order valence-electron chi connectivity index (χ3n) is 2.68. The molecule has 98 valence electrons. The van der Waals surface area contributed by atoms with Crippen LogP contribution in [0.15, 0.2) is 36.5 Å². The maximum absolute atomic E-state index is 10.9. The number of anilines is 2. The maximum Gasteiger partial charge on any atom is 0.292 e. The van der Waals surface area contributed by atoms with E-state index in [4.69, 9.17) is 5.73 Å². The molecule has 0 aliphatic carbocycles. The number of rotatable bonds is 4. The van der Waals surface area contributed by atoms with E-state index in [2.05, 4.69) is 10.3 Å². The summed E-state index contributed by atoms with van der Waals surface area (Å²) in [5.74, 6) is 0.449. The molecule has 1 heterocycles. The summed E-state index contributed by atoms with van der Waals surface area (Å²) in [6.45, 7) is 2.34. The monoisotopic (exact) mass is 258 g/mol. The van der Waals surface area contributed by atoms with Gasteiger partial charge in [0, 0.05) is 18.8 Å². The topological polar surface area (TPSA) is 94.1 Å². The number of nitrogen functional groups attached to an aromatic ring is 1. The maximum atomic E-state index is 10.9. The molecule has 1 aromatic carbocycles. The number of nitro benzene ring substituents is 1. The zero-order valence-electron chi connectivity index (χ0n) is 10.5. The van der Waals surface area contributed by atoms with E-state index in [1.54, 1.807) is 24.4 Å². The summed E-state index contributed by atoms with van der Waals surface area (Å²) >= 11 is 0. The molecular formula is C13H14N4O2. The van der Waals surface area contributed by atoms with Gasteiger partial charge in [0.2, 0.25) is 0 Å². The molecule has 6 heteroatoms. The Labute approximate surface area is 110 Å². The van der Waals surface area contributed by atoms with Crippen LogP contribution in [0.5, 0.6) is 0 Å². The lowest BCUT2D eigenvalue weighted by Gasteiger charge is -2.08. The average Bonchev–Trinajstić information content (AvgIpc) is 2.38. The minimum Gasteiger partial charge on any atom is -0.384 e. The normalized spacial score (nSPS) is 10.2. The van der Waals surface area contributed by atoms with Gasteiger partial charge in [-0.05, 0) is 30.2 Å². The van der Waals surface area contributed by atoms with Crippen LogP contribution in [0.1, 0.15) is 11.1 Å². The highest BCUT2D eigenvalue weighted by Gasteiger charge is 2.12. The van der Waals surface area contributed by atoms with Crippen molar-refractivity contribution in [1.29, 1.82) is 0 Å². The molecule has 0 amide bonds.